The van der Waals surface area contributed by atoms with Crippen LogP contribution >= 0.6 is 0 Å². The SMILES string of the molecule is O=C(O)CCC(=O)OC(=O)CCC(=O)OCC(F)(F)F. The Hall–Kier alpha value is -2.13. The van der Waals surface area contributed by atoms with Gasteiger partial charge in [0.1, 0.15) is 0 Å². The Balaban J connectivity index is 3.85. The Labute approximate surface area is 110 Å². The minimum atomic E-state index is -4.66. The van der Waals surface area contributed by atoms with Gasteiger partial charge in [-0.2, -0.15) is 13.2 Å². The summed E-state index contributed by atoms with van der Waals surface area (Å²) in [7, 11) is 0. The Morgan fingerprint density at radius 3 is 1.75 bits per heavy atom. The van der Waals surface area contributed by atoms with E-state index in [2.05, 4.69) is 9.47 Å². The molecule has 0 heterocycles. The van der Waals surface area contributed by atoms with Crippen molar-refractivity contribution in [3.8, 4) is 0 Å². The first-order valence-electron chi connectivity index (χ1n) is 5.28. The molecular formula is C10H11F3O7. The number of hydrogen-bond donors (Lipinski definition) is 1. The number of halogens is 3. The fourth-order valence-electron chi connectivity index (χ4n) is 0.877. The van der Waals surface area contributed by atoms with Crippen LogP contribution in [0.2, 0.25) is 0 Å². The summed E-state index contributed by atoms with van der Waals surface area (Å²) in [6, 6.07) is 0. The molecule has 0 unspecified atom stereocenters. The third-order valence-corrected chi connectivity index (χ3v) is 1.70. The summed E-state index contributed by atoms with van der Waals surface area (Å²) in [5.74, 6) is -4.77. The molecule has 0 spiro atoms. The van der Waals surface area contributed by atoms with Gasteiger partial charge in [-0.15, -0.1) is 0 Å². The van der Waals surface area contributed by atoms with Crippen molar-refractivity contribution in [2.45, 2.75) is 31.9 Å². The number of hydrogen-bond acceptors (Lipinski definition) is 6. The van der Waals surface area contributed by atoms with Crippen molar-refractivity contribution in [1.29, 1.82) is 0 Å². The summed E-state index contributed by atoms with van der Waals surface area (Å²) < 4.78 is 43.0. The van der Waals surface area contributed by atoms with Gasteiger partial charge in [0.15, 0.2) is 6.61 Å². The zero-order chi connectivity index (χ0) is 15.8. The first kappa shape index (κ1) is 17.9. The zero-order valence-corrected chi connectivity index (χ0v) is 10.1. The normalized spacial score (nSPS) is 10.8. The van der Waals surface area contributed by atoms with Crippen LogP contribution in [0.5, 0.6) is 0 Å². The van der Waals surface area contributed by atoms with Crippen LogP contribution in [-0.2, 0) is 28.7 Å². The van der Waals surface area contributed by atoms with Crippen molar-refractivity contribution in [1.82, 2.24) is 0 Å². The van der Waals surface area contributed by atoms with Crippen LogP contribution < -0.4 is 0 Å². The molecule has 10 heteroatoms. The standard InChI is InChI=1S/C10H11F3O7/c11-10(12,13)5-19-7(16)3-4-9(18)20-8(17)2-1-6(14)15/h1-5H2,(H,14,15). The molecule has 0 aromatic heterocycles. The largest absolute Gasteiger partial charge is 0.481 e. The highest BCUT2D eigenvalue weighted by molar-refractivity contribution is 5.88. The topological polar surface area (TPSA) is 107 Å². The minimum Gasteiger partial charge on any atom is -0.481 e. The lowest BCUT2D eigenvalue weighted by Crippen LogP contribution is -2.21. The van der Waals surface area contributed by atoms with E-state index in [1.807, 2.05) is 0 Å². The van der Waals surface area contributed by atoms with Crippen LogP contribution in [0.25, 0.3) is 0 Å². The Kier molecular flexibility index (Phi) is 7.26. The van der Waals surface area contributed by atoms with E-state index in [-0.39, 0.29) is 0 Å². The minimum absolute atomic E-state index is 0.528. The number of carboxylic acid groups (broad SMARTS) is 1. The second kappa shape index (κ2) is 8.12. The molecule has 0 bridgehead atoms. The van der Waals surface area contributed by atoms with E-state index < -0.39 is 62.3 Å². The molecule has 0 aromatic rings. The van der Waals surface area contributed by atoms with Crippen molar-refractivity contribution >= 4 is 23.9 Å². The molecular weight excluding hydrogens is 289 g/mol. The van der Waals surface area contributed by atoms with Crippen molar-refractivity contribution in [2.75, 3.05) is 6.61 Å². The summed E-state index contributed by atoms with van der Waals surface area (Å²) in [6.45, 7) is -1.77. The smallest absolute Gasteiger partial charge is 0.422 e. The van der Waals surface area contributed by atoms with Gasteiger partial charge >= 0.3 is 30.1 Å². The van der Waals surface area contributed by atoms with E-state index in [0.29, 0.717) is 0 Å². The van der Waals surface area contributed by atoms with Gasteiger partial charge in [-0.1, -0.05) is 0 Å². The summed E-state index contributed by atoms with van der Waals surface area (Å²) in [4.78, 5) is 42.8. The lowest BCUT2D eigenvalue weighted by atomic mass is 10.3. The first-order chi connectivity index (χ1) is 9.10. The number of esters is 3. The van der Waals surface area contributed by atoms with Gasteiger partial charge in [-0.05, 0) is 0 Å². The third-order valence-electron chi connectivity index (χ3n) is 1.70. The molecule has 0 aliphatic rings. The average molecular weight is 300 g/mol. The molecule has 0 atom stereocenters. The van der Waals surface area contributed by atoms with Gasteiger partial charge in [0, 0.05) is 0 Å². The van der Waals surface area contributed by atoms with Gasteiger partial charge < -0.3 is 14.6 Å². The summed E-state index contributed by atoms with van der Waals surface area (Å²) in [5.41, 5.74) is 0. The molecule has 0 saturated carbocycles. The van der Waals surface area contributed by atoms with Crippen molar-refractivity contribution in [2.24, 2.45) is 0 Å². The first-order valence-corrected chi connectivity index (χ1v) is 5.28. The predicted molar refractivity (Wildman–Crippen MR) is 54.2 cm³/mol. The molecule has 0 rings (SSSR count). The van der Waals surface area contributed by atoms with Crippen molar-refractivity contribution in [3.63, 3.8) is 0 Å². The average Bonchev–Trinajstić information content (AvgIpc) is 2.30. The van der Waals surface area contributed by atoms with Crippen molar-refractivity contribution in [3.05, 3.63) is 0 Å². The van der Waals surface area contributed by atoms with Crippen LogP contribution in [0.3, 0.4) is 0 Å². The van der Waals surface area contributed by atoms with Crippen molar-refractivity contribution < 1.29 is 46.9 Å². The molecule has 0 saturated heterocycles. The number of carbonyl (C=O) groups excluding carboxylic acids is 3. The number of alkyl halides is 3. The highest BCUT2D eigenvalue weighted by atomic mass is 19.4. The van der Waals surface area contributed by atoms with Gasteiger partial charge in [0.2, 0.25) is 0 Å². The number of carboxylic acids is 1. The number of rotatable bonds is 7. The molecule has 0 radical (unpaired) electrons. The second-order valence-corrected chi connectivity index (χ2v) is 3.52. The maximum Gasteiger partial charge on any atom is 0.422 e. The van der Waals surface area contributed by atoms with E-state index in [0.717, 1.165) is 0 Å². The van der Waals surface area contributed by atoms with E-state index in [9.17, 15) is 32.3 Å². The molecule has 7 nitrogen and oxygen atoms in total. The molecule has 0 aliphatic heterocycles. The number of ether oxygens (including phenoxy) is 2. The monoisotopic (exact) mass is 300 g/mol. The lowest BCUT2D eigenvalue weighted by molar-refractivity contribution is -0.186. The molecule has 0 aliphatic carbocycles. The zero-order valence-electron chi connectivity index (χ0n) is 10.1. The maximum atomic E-state index is 11.7. The Bertz CT molecular complexity index is 389. The molecule has 0 amide bonds. The number of aliphatic carboxylic acids is 1. The van der Waals surface area contributed by atoms with Gasteiger partial charge in [0.25, 0.3) is 0 Å². The van der Waals surface area contributed by atoms with Gasteiger partial charge in [0.05, 0.1) is 25.7 Å². The Morgan fingerprint density at radius 2 is 1.30 bits per heavy atom. The lowest BCUT2D eigenvalue weighted by Gasteiger charge is -2.07. The van der Waals surface area contributed by atoms with Gasteiger partial charge in [-0.25, -0.2) is 0 Å². The van der Waals surface area contributed by atoms with E-state index in [1.54, 1.807) is 0 Å². The van der Waals surface area contributed by atoms with E-state index in [4.69, 9.17) is 5.11 Å². The molecule has 20 heavy (non-hydrogen) atoms. The number of carbonyl (C=O) groups is 4. The summed E-state index contributed by atoms with van der Waals surface area (Å²) in [5, 5.41) is 8.25. The van der Waals surface area contributed by atoms with Crippen LogP contribution in [-0.4, -0.2) is 41.8 Å². The third kappa shape index (κ3) is 11.0. The summed E-state index contributed by atoms with van der Waals surface area (Å²) >= 11 is 0. The molecule has 1 N–H and O–H groups in total. The fraction of sp³-hybridized carbons (Fsp3) is 0.600. The fourth-order valence-corrected chi connectivity index (χ4v) is 0.877. The molecule has 114 valence electrons. The maximum absolute atomic E-state index is 11.7. The predicted octanol–water partition coefficient (Wildman–Crippen LogP) is 0.807. The van der Waals surface area contributed by atoms with Crippen LogP contribution in [0.15, 0.2) is 0 Å². The highest BCUT2D eigenvalue weighted by Crippen LogP contribution is 2.14. The van der Waals surface area contributed by atoms with Crippen LogP contribution in [0, 0.1) is 0 Å². The van der Waals surface area contributed by atoms with E-state index in [1.165, 1.54) is 0 Å². The van der Waals surface area contributed by atoms with Crippen LogP contribution in [0.4, 0.5) is 13.2 Å². The Morgan fingerprint density at radius 1 is 0.850 bits per heavy atom. The second-order valence-electron chi connectivity index (χ2n) is 3.52. The molecule has 0 aromatic carbocycles. The molecule has 0 fully saturated rings. The quantitative estimate of drug-likeness (QED) is 0.547. The highest BCUT2D eigenvalue weighted by Gasteiger charge is 2.29. The van der Waals surface area contributed by atoms with Crippen LogP contribution in [0.1, 0.15) is 25.7 Å². The van der Waals surface area contributed by atoms with Gasteiger partial charge in [-0.3, -0.25) is 19.2 Å². The summed E-state index contributed by atoms with van der Waals surface area (Å²) in [6.07, 6.45) is -7.04. The van der Waals surface area contributed by atoms with E-state index >= 15 is 0 Å².